The Bertz CT molecular complexity index is 303. The highest BCUT2D eigenvalue weighted by Gasteiger charge is 2.25. The number of thioether (sulfide) groups is 1. The van der Waals surface area contributed by atoms with Crippen LogP contribution in [-0.2, 0) is 0 Å². The molecule has 2 rings (SSSR count). The van der Waals surface area contributed by atoms with E-state index in [1.54, 1.807) is 0 Å². The van der Waals surface area contributed by atoms with Gasteiger partial charge in [-0.3, -0.25) is 0 Å². The first-order valence-corrected chi connectivity index (χ1v) is 5.89. The van der Waals surface area contributed by atoms with E-state index < -0.39 is 0 Å². The SMILES string of the molecule is NC1CSCC1c1cccc(Cl)c1. The Morgan fingerprint density at radius 2 is 2.23 bits per heavy atom. The summed E-state index contributed by atoms with van der Waals surface area (Å²) in [4.78, 5) is 0. The van der Waals surface area contributed by atoms with Gasteiger partial charge < -0.3 is 5.73 Å². The van der Waals surface area contributed by atoms with Crippen molar-refractivity contribution in [3.63, 3.8) is 0 Å². The summed E-state index contributed by atoms with van der Waals surface area (Å²) in [5.74, 6) is 2.68. The van der Waals surface area contributed by atoms with Gasteiger partial charge in [-0.2, -0.15) is 11.8 Å². The first kappa shape index (κ1) is 9.38. The van der Waals surface area contributed by atoms with E-state index in [1.807, 2.05) is 30.0 Å². The van der Waals surface area contributed by atoms with Crippen molar-refractivity contribution in [2.24, 2.45) is 5.73 Å². The van der Waals surface area contributed by atoms with Crippen molar-refractivity contribution in [1.82, 2.24) is 0 Å². The maximum atomic E-state index is 6.00. The molecule has 1 aliphatic rings. The van der Waals surface area contributed by atoms with Crippen molar-refractivity contribution < 1.29 is 0 Å². The van der Waals surface area contributed by atoms with Crippen molar-refractivity contribution in [3.8, 4) is 0 Å². The molecular weight excluding hydrogens is 202 g/mol. The maximum absolute atomic E-state index is 6.00. The first-order valence-electron chi connectivity index (χ1n) is 4.36. The van der Waals surface area contributed by atoms with E-state index in [0.29, 0.717) is 12.0 Å². The van der Waals surface area contributed by atoms with E-state index in [4.69, 9.17) is 17.3 Å². The average molecular weight is 214 g/mol. The van der Waals surface area contributed by atoms with Gasteiger partial charge in [0, 0.05) is 28.5 Å². The molecule has 0 saturated carbocycles. The molecule has 1 aromatic rings. The fraction of sp³-hybridized carbons (Fsp3) is 0.400. The van der Waals surface area contributed by atoms with Crippen LogP contribution in [0.3, 0.4) is 0 Å². The summed E-state index contributed by atoms with van der Waals surface area (Å²) < 4.78 is 0. The van der Waals surface area contributed by atoms with Gasteiger partial charge in [-0.25, -0.2) is 0 Å². The Morgan fingerprint density at radius 3 is 2.85 bits per heavy atom. The highest BCUT2D eigenvalue weighted by Crippen LogP contribution is 2.32. The van der Waals surface area contributed by atoms with Crippen LogP contribution in [0.4, 0.5) is 0 Å². The normalized spacial score (nSPS) is 27.8. The van der Waals surface area contributed by atoms with E-state index in [0.717, 1.165) is 16.5 Å². The van der Waals surface area contributed by atoms with Gasteiger partial charge in [-0.15, -0.1) is 0 Å². The second-order valence-corrected chi connectivity index (χ2v) is 4.87. The summed E-state index contributed by atoms with van der Waals surface area (Å²) in [6.07, 6.45) is 0. The summed E-state index contributed by atoms with van der Waals surface area (Å²) in [7, 11) is 0. The molecule has 0 aliphatic carbocycles. The highest BCUT2D eigenvalue weighted by atomic mass is 35.5. The molecule has 13 heavy (non-hydrogen) atoms. The molecule has 1 fully saturated rings. The van der Waals surface area contributed by atoms with Crippen molar-refractivity contribution in [1.29, 1.82) is 0 Å². The van der Waals surface area contributed by atoms with Gasteiger partial charge in [-0.05, 0) is 17.7 Å². The van der Waals surface area contributed by atoms with Gasteiger partial charge in [0.2, 0.25) is 0 Å². The summed E-state index contributed by atoms with van der Waals surface area (Å²) in [5, 5.41) is 0.807. The van der Waals surface area contributed by atoms with E-state index in [1.165, 1.54) is 5.56 Å². The van der Waals surface area contributed by atoms with E-state index >= 15 is 0 Å². The van der Waals surface area contributed by atoms with Crippen LogP contribution in [0.15, 0.2) is 24.3 Å². The lowest BCUT2D eigenvalue weighted by Gasteiger charge is -2.14. The molecule has 2 atom stereocenters. The summed E-state index contributed by atoms with van der Waals surface area (Å²) >= 11 is 7.85. The van der Waals surface area contributed by atoms with Crippen molar-refractivity contribution in [2.45, 2.75) is 12.0 Å². The van der Waals surface area contributed by atoms with Crippen molar-refractivity contribution in [2.75, 3.05) is 11.5 Å². The zero-order valence-electron chi connectivity index (χ0n) is 7.24. The van der Waals surface area contributed by atoms with Gasteiger partial charge in [0.1, 0.15) is 0 Å². The summed E-state index contributed by atoms with van der Waals surface area (Å²) in [5.41, 5.74) is 7.28. The van der Waals surface area contributed by atoms with Crippen LogP contribution >= 0.6 is 23.4 Å². The molecule has 1 heterocycles. The monoisotopic (exact) mass is 213 g/mol. The van der Waals surface area contributed by atoms with Crippen molar-refractivity contribution >= 4 is 23.4 Å². The molecular formula is C10H12ClNS. The lowest BCUT2D eigenvalue weighted by molar-refractivity contribution is 0.653. The number of hydrogen-bond donors (Lipinski definition) is 1. The van der Waals surface area contributed by atoms with Gasteiger partial charge in [0.15, 0.2) is 0 Å². The van der Waals surface area contributed by atoms with Gasteiger partial charge in [0.25, 0.3) is 0 Å². The summed E-state index contributed by atoms with van der Waals surface area (Å²) in [6, 6.07) is 8.33. The second-order valence-electron chi connectivity index (χ2n) is 3.36. The average Bonchev–Trinajstić information content (AvgIpc) is 2.51. The number of benzene rings is 1. The molecule has 0 radical (unpaired) electrons. The van der Waals surface area contributed by atoms with E-state index in [2.05, 4.69) is 6.07 Å². The fourth-order valence-corrected chi connectivity index (χ4v) is 3.18. The minimum atomic E-state index is 0.295. The number of halogens is 1. The van der Waals surface area contributed by atoms with Gasteiger partial charge in [0.05, 0.1) is 0 Å². The molecule has 0 amide bonds. The molecule has 70 valence electrons. The quantitative estimate of drug-likeness (QED) is 0.776. The third kappa shape index (κ3) is 2.01. The fourth-order valence-electron chi connectivity index (χ4n) is 1.65. The smallest absolute Gasteiger partial charge is 0.0408 e. The molecule has 3 heteroatoms. The molecule has 1 aliphatic heterocycles. The third-order valence-corrected chi connectivity index (χ3v) is 3.85. The van der Waals surface area contributed by atoms with Crippen LogP contribution in [0.5, 0.6) is 0 Å². The van der Waals surface area contributed by atoms with Crippen LogP contribution < -0.4 is 5.73 Å². The van der Waals surface area contributed by atoms with Crippen LogP contribution in [0.1, 0.15) is 11.5 Å². The molecule has 2 unspecified atom stereocenters. The number of hydrogen-bond acceptors (Lipinski definition) is 2. The molecule has 1 aromatic carbocycles. The third-order valence-electron chi connectivity index (χ3n) is 2.40. The van der Waals surface area contributed by atoms with E-state index in [9.17, 15) is 0 Å². The zero-order valence-corrected chi connectivity index (χ0v) is 8.81. The standard InChI is InChI=1S/C10H12ClNS/c11-8-3-1-2-7(4-8)9-5-13-6-10(9)12/h1-4,9-10H,5-6,12H2. The van der Waals surface area contributed by atoms with Crippen LogP contribution in [0.25, 0.3) is 0 Å². The molecule has 0 aromatic heterocycles. The van der Waals surface area contributed by atoms with Crippen LogP contribution in [-0.4, -0.2) is 17.5 Å². The molecule has 1 saturated heterocycles. The largest absolute Gasteiger partial charge is 0.326 e. The Balaban J connectivity index is 2.24. The van der Waals surface area contributed by atoms with Crippen molar-refractivity contribution in [3.05, 3.63) is 34.9 Å². The number of nitrogens with two attached hydrogens (primary N) is 1. The Morgan fingerprint density at radius 1 is 1.38 bits per heavy atom. The molecule has 0 bridgehead atoms. The van der Waals surface area contributed by atoms with Crippen LogP contribution in [0.2, 0.25) is 5.02 Å². The predicted octanol–water partition coefficient (Wildman–Crippen LogP) is 2.50. The lowest BCUT2D eigenvalue weighted by atomic mass is 9.95. The lowest BCUT2D eigenvalue weighted by Crippen LogP contribution is -2.26. The Hall–Kier alpha value is -0.180. The minimum Gasteiger partial charge on any atom is -0.326 e. The molecule has 1 nitrogen and oxygen atoms in total. The van der Waals surface area contributed by atoms with Gasteiger partial charge in [-0.1, -0.05) is 23.7 Å². The zero-order chi connectivity index (χ0) is 9.26. The maximum Gasteiger partial charge on any atom is 0.0408 e. The van der Waals surface area contributed by atoms with Crippen LogP contribution in [0, 0.1) is 0 Å². The topological polar surface area (TPSA) is 26.0 Å². The predicted molar refractivity (Wildman–Crippen MR) is 59.5 cm³/mol. The number of rotatable bonds is 1. The second kappa shape index (κ2) is 3.91. The van der Waals surface area contributed by atoms with Gasteiger partial charge >= 0.3 is 0 Å². The highest BCUT2D eigenvalue weighted by molar-refractivity contribution is 7.99. The summed E-state index contributed by atoms with van der Waals surface area (Å²) in [6.45, 7) is 0. The van der Waals surface area contributed by atoms with E-state index in [-0.39, 0.29) is 0 Å². The minimum absolute atomic E-state index is 0.295. The Labute approximate surface area is 87.7 Å². The Kier molecular flexibility index (Phi) is 2.82. The molecule has 0 spiro atoms. The first-order chi connectivity index (χ1) is 6.27. The molecule has 2 N–H and O–H groups in total.